The zero-order chi connectivity index (χ0) is 17.0. The van der Waals surface area contributed by atoms with Crippen LogP contribution in [0.1, 0.15) is 37.0 Å². The lowest BCUT2D eigenvalue weighted by molar-refractivity contribution is 0.0787. The van der Waals surface area contributed by atoms with Gasteiger partial charge in [0.05, 0.1) is 4.90 Å². The van der Waals surface area contributed by atoms with E-state index in [1.165, 1.54) is 12.1 Å². The highest BCUT2D eigenvalue weighted by Gasteiger charge is 2.26. The maximum atomic E-state index is 12.4. The number of sulfonamides is 1. The van der Waals surface area contributed by atoms with Crippen LogP contribution in [0.2, 0.25) is 0 Å². The molecule has 1 fully saturated rings. The quantitative estimate of drug-likeness (QED) is 0.814. The second-order valence-corrected chi connectivity index (χ2v) is 7.81. The first-order valence-electron chi connectivity index (χ1n) is 7.99. The van der Waals surface area contributed by atoms with Crippen molar-refractivity contribution in [2.75, 3.05) is 19.6 Å². The molecule has 1 aromatic carbocycles. The van der Waals surface area contributed by atoms with E-state index in [4.69, 9.17) is 5.73 Å². The summed E-state index contributed by atoms with van der Waals surface area (Å²) in [6.45, 7) is 5.69. The first kappa shape index (κ1) is 17.9. The maximum absolute atomic E-state index is 12.4. The highest BCUT2D eigenvalue weighted by Crippen LogP contribution is 2.19. The fourth-order valence-corrected chi connectivity index (χ4v) is 3.91. The normalized spacial score (nSPS) is 19.8. The molecule has 1 aliphatic heterocycles. The van der Waals surface area contributed by atoms with E-state index in [1.807, 2.05) is 13.8 Å². The molecule has 6 nitrogen and oxygen atoms in total. The molecule has 1 heterocycles. The van der Waals surface area contributed by atoms with Gasteiger partial charge in [-0.1, -0.05) is 6.92 Å². The molecule has 1 aromatic rings. The summed E-state index contributed by atoms with van der Waals surface area (Å²) in [5.74, 6) is 0.290. The highest BCUT2D eigenvalue weighted by molar-refractivity contribution is 7.89. The average molecular weight is 339 g/mol. The lowest BCUT2D eigenvalue weighted by atomic mass is 10.1. The Morgan fingerprint density at radius 1 is 1.39 bits per heavy atom. The van der Waals surface area contributed by atoms with Gasteiger partial charge in [0.15, 0.2) is 0 Å². The molecule has 2 atom stereocenters. The summed E-state index contributed by atoms with van der Waals surface area (Å²) in [6, 6.07) is 5.98. The Kier molecular flexibility index (Phi) is 5.78. The SMILES string of the molecule is CCC(C)NS(=O)(=O)c1ccc(C(=O)N2CCC(CN)C2)cc1. The van der Waals surface area contributed by atoms with Crippen molar-refractivity contribution in [1.82, 2.24) is 9.62 Å². The van der Waals surface area contributed by atoms with E-state index in [-0.39, 0.29) is 16.8 Å². The van der Waals surface area contributed by atoms with Gasteiger partial charge in [-0.2, -0.15) is 0 Å². The number of amides is 1. The first-order valence-corrected chi connectivity index (χ1v) is 9.47. The summed E-state index contributed by atoms with van der Waals surface area (Å²) in [5, 5.41) is 0. The number of nitrogens with one attached hydrogen (secondary N) is 1. The number of likely N-dealkylation sites (tertiary alicyclic amines) is 1. The molecule has 0 aliphatic carbocycles. The fourth-order valence-electron chi connectivity index (χ4n) is 2.58. The second-order valence-electron chi connectivity index (χ2n) is 6.10. The van der Waals surface area contributed by atoms with Crippen LogP contribution in [0.5, 0.6) is 0 Å². The van der Waals surface area contributed by atoms with Crippen LogP contribution in [0.3, 0.4) is 0 Å². The minimum atomic E-state index is -3.54. The molecule has 2 unspecified atom stereocenters. The molecule has 128 valence electrons. The van der Waals surface area contributed by atoms with Crippen molar-refractivity contribution in [3.8, 4) is 0 Å². The van der Waals surface area contributed by atoms with Crippen molar-refractivity contribution < 1.29 is 13.2 Å². The van der Waals surface area contributed by atoms with Gasteiger partial charge in [0.2, 0.25) is 10.0 Å². The van der Waals surface area contributed by atoms with Gasteiger partial charge in [0.1, 0.15) is 0 Å². The molecule has 1 saturated heterocycles. The number of hydrogen-bond acceptors (Lipinski definition) is 4. The summed E-state index contributed by atoms with van der Waals surface area (Å²) in [5.41, 5.74) is 6.15. The molecule has 0 aromatic heterocycles. The summed E-state index contributed by atoms with van der Waals surface area (Å²) in [6.07, 6.45) is 1.64. The number of rotatable bonds is 6. The van der Waals surface area contributed by atoms with Gasteiger partial charge < -0.3 is 10.6 Å². The molecule has 0 spiro atoms. The van der Waals surface area contributed by atoms with E-state index in [9.17, 15) is 13.2 Å². The van der Waals surface area contributed by atoms with Crippen LogP contribution in [-0.4, -0.2) is 44.9 Å². The standard InChI is InChI=1S/C16H25N3O3S/c1-3-12(2)18-23(21,22)15-6-4-14(5-7-15)16(20)19-9-8-13(10-17)11-19/h4-7,12-13,18H,3,8-11,17H2,1-2H3. The molecule has 0 radical (unpaired) electrons. The smallest absolute Gasteiger partial charge is 0.253 e. The molecular formula is C16H25N3O3S. The highest BCUT2D eigenvalue weighted by atomic mass is 32.2. The third-order valence-corrected chi connectivity index (χ3v) is 5.89. The van der Waals surface area contributed by atoms with Crippen molar-refractivity contribution in [1.29, 1.82) is 0 Å². The predicted octanol–water partition coefficient (Wildman–Crippen LogP) is 1.18. The zero-order valence-electron chi connectivity index (χ0n) is 13.7. The van der Waals surface area contributed by atoms with Gasteiger partial charge >= 0.3 is 0 Å². The van der Waals surface area contributed by atoms with E-state index >= 15 is 0 Å². The van der Waals surface area contributed by atoms with Gasteiger partial charge in [-0.3, -0.25) is 4.79 Å². The maximum Gasteiger partial charge on any atom is 0.253 e. The van der Waals surface area contributed by atoms with E-state index in [1.54, 1.807) is 17.0 Å². The van der Waals surface area contributed by atoms with E-state index < -0.39 is 10.0 Å². The number of carbonyl (C=O) groups excluding carboxylic acids is 1. The first-order chi connectivity index (χ1) is 10.9. The van der Waals surface area contributed by atoms with Gasteiger partial charge in [-0.25, -0.2) is 13.1 Å². The zero-order valence-corrected chi connectivity index (χ0v) is 14.5. The van der Waals surface area contributed by atoms with Crippen molar-refractivity contribution in [2.24, 2.45) is 11.7 Å². The largest absolute Gasteiger partial charge is 0.338 e. The number of carbonyl (C=O) groups is 1. The minimum absolute atomic E-state index is 0.0696. The van der Waals surface area contributed by atoms with Crippen LogP contribution in [0.4, 0.5) is 0 Å². The molecule has 0 bridgehead atoms. The molecular weight excluding hydrogens is 314 g/mol. The Balaban J connectivity index is 2.09. The second kappa shape index (κ2) is 7.42. The summed E-state index contributed by atoms with van der Waals surface area (Å²) < 4.78 is 27.0. The van der Waals surface area contributed by atoms with Gasteiger partial charge in [-0.05, 0) is 56.5 Å². The van der Waals surface area contributed by atoms with E-state index in [0.717, 1.165) is 6.42 Å². The van der Waals surface area contributed by atoms with Crippen LogP contribution in [0.25, 0.3) is 0 Å². The lowest BCUT2D eigenvalue weighted by Crippen LogP contribution is -2.32. The van der Waals surface area contributed by atoms with Crippen LogP contribution < -0.4 is 10.5 Å². The topological polar surface area (TPSA) is 92.5 Å². The Bertz CT molecular complexity index is 643. The number of hydrogen-bond donors (Lipinski definition) is 2. The Hall–Kier alpha value is -1.44. The summed E-state index contributed by atoms with van der Waals surface area (Å²) >= 11 is 0. The van der Waals surface area contributed by atoms with Crippen molar-refractivity contribution in [3.05, 3.63) is 29.8 Å². The monoisotopic (exact) mass is 339 g/mol. The van der Waals surface area contributed by atoms with E-state index in [0.29, 0.717) is 37.5 Å². The van der Waals surface area contributed by atoms with Gasteiger partial charge in [-0.15, -0.1) is 0 Å². The Morgan fingerprint density at radius 2 is 2.04 bits per heavy atom. The molecule has 1 amide bonds. The molecule has 23 heavy (non-hydrogen) atoms. The molecule has 2 rings (SSSR count). The molecule has 1 aliphatic rings. The third kappa shape index (κ3) is 4.31. The summed E-state index contributed by atoms with van der Waals surface area (Å²) in [4.78, 5) is 14.4. The lowest BCUT2D eigenvalue weighted by Gasteiger charge is -2.17. The Morgan fingerprint density at radius 3 is 2.57 bits per heavy atom. The third-order valence-electron chi connectivity index (χ3n) is 4.29. The number of benzene rings is 1. The van der Waals surface area contributed by atoms with Crippen LogP contribution >= 0.6 is 0 Å². The van der Waals surface area contributed by atoms with Gasteiger partial charge in [0.25, 0.3) is 5.91 Å². The number of nitrogens with zero attached hydrogens (tertiary/aromatic N) is 1. The predicted molar refractivity (Wildman–Crippen MR) is 89.6 cm³/mol. The van der Waals surface area contributed by atoms with Crippen LogP contribution in [0.15, 0.2) is 29.2 Å². The molecule has 0 saturated carbocycles. The van der Waals surface area contributed by atoms with Crippen molar-refractivity contribution >= 4 is 15.9 Å². The van der Waals surface area contributed by atoms with Gasteiger partial charge in [0, 0.05) is 24.7 Å². The van der Waals surface area contributed by atoms with Crippen LogP contribution in [-0.2, 0) is 10.0 Å². The van der Waals surface area contributed by atoms with Crippen molar-refractivity contribution in [3.63, 3.8) is 0 Å². The Labute approximate surface area is 138 Å². The minimum Gasteiger partial charge on any atom is -0.338 e. The molecule has 3 N–H and O–H groups in total. The molecule has 7 heteroatoms. The van der Waals surface area contributed by atoms with E-state index in [2.05, 4.69) is 4.72 Å². The summed E-state index contributed by atoms with van der Waals surface area (Å²) in [7, 11) is -3.54. The average Bonchev–Trinajstić information content (AvgIpc) is 3.03. The van der Waals surface area contributed by atoms with Crippen LogP contribution in [0, 0.1) is 5.92 Å². The fraction of sp³-hybridized carbons (Fsp3) is 0.562. The van der Waals surface area contributed by atoms with Crippen molar-refractivity contribution in [2.45, 2.75) is 37.6 Å². The number of nitrogens with two attached hydrogens (primary N) is 1.